The average Bonchev–Trinajstić information content (AvgIpc) is 3.19. The maximum atomic E-state index is 12.3. The maximum absolute atomic E-state index is 12.3. The van der Waals surface area contributed by atoms with Gasteiger partial charge in [-0.2, -0.15) is 0 Å². The highest BCUT2D eigenvalue weighted by atomic mass is 79.9. The van der Waals surface area contributed by atoms with Gasteiger partial charge in [0.05, 0.1) is 11.2 Å². The Bertz CT molecular complexity index is 781. The number of aromatic nitrogens is 2. The van der Waals surface area contributed by atoms with Gasteiger partial charge in [-0.05, 0) is 36.8 Å². The largest absolute Gasteiger partial charge is 0.347 e. The van der Waals surface area contributed by atoms with Crippen molar-refractivity contribution in [3.05, 3.63) is 64.5 Å². The molecule has 0 fully saturated rings. The Kier molecular flexibility index (Phi) is 4.93. The number of carbonyl (C=O) groups is 1. The van der Waals surface area contributed by atoms with Crippen LogP contribution >= 0.6 is 27.3 Å². The molecule has 0 bridgehead atoms. The zero-order valence-corrected chi connectivity index (χ0v) is 15.0. The van der Waals surface area contributed by atoms with E-state index < -0.39 is 0 Å². The van der Waals surface area contributed by atoms with Crippen molar-refractivity contribution in [1.82, 2.24) is 14.9 Å². The molecule has 0 saturated carbocycles. The Morgan fingerprint density at radius 1 is 1.30 bits per heavy atom. The van der Waals surface area contributed by atoms with Crippen LogP contribution in [0, 0.1) is 0 Å². The molecule has 4 nitrogen and oxygen atoms in total. The Hall–Kier alpha value is -1.92. The van der Waals surface area contributed by atoms with Crippen molar-refractivity contribution >= 4 is 33.2 Å². The van der Waals surface area contributed by atoms with E-state index in [2.05, 4.69) is 26.2 Å². The standard InChI is InChI=1S/C17H16BrN3OS/c1-12(10-21-9-8-19-11-21)20-17(22)16-7-6-15(23-16)13-2-4-14(18)5-3-13/h2-9,11-12H,10H2,1H3,(H,20,22). The second kappa shape index (κ2) is 7.10. The molecular formula is C17H16BrN3OS. The predicted octanol–water partition coefficient (Wildman–Crippen LogP) is 4.19. The van der Waals surface area contributed by atoms with Crippen LogP contribution in [-0.2, 0) is 6.54 Å². The summed E-state index contributed by atoms with van der Waals surface area (Å²) in [7, 11) is 0. The van der Waals surface area contributed by atoms with Crippen molar-refractivity contribution in [2.45, 2.75) is 19.5 Å². The lowest BCUT2D eigenvalue weighted by molar-refractivity contribution is 0.0941. The van der Waals surface area contributed by atoms with Crippen molar-refractivity contribution in [1.29, 1.82) is 0 Å². The fourth-order valence-corrected chi connectivity index (χ4v) is 3.46. The molecule has 3 rings (SSSR count). The van der Waals surface area contributed by atoms with Gasteiger partial charge in [-0.3, -0.25) is 4.79 Å². The number of amides is 1. The Morgan fingerprint density at radius 3 is 2.78 bits per heavy atom. The summed E-state index contributed by atoms with van der Waals surface area (Å²) < 4.78 is 3.00. The summed E-state index contributed by atoms with van der Waals surface area (Å²) in [6, 6.07) is 12.0. The van der Waals surface area contributed by atoms with E-state index in [1.54, 1.807) is 12.5 Å². The van der Waals surface area contributed by atoms with Gasteiger partial charge >= 0.3 is 0 Å². The lowest BCUT2D eigenvalue weighted by Crippen LogP contribution is -2.35. The molecule has 6 heteroatoms. The summed E-state index contributed by atoms with van der Waals surface area (Å²) in [5.41, 5.74) is 1.11. The minimum Gasteiger partial charge on any atom is -0.347 e. The van der Waals surface area contributed by atoms with Crippen LogP contribution in [0.3, 0.4) is 0 Å². The van der Waals surface area contributed by atoms with E-state index in [9.17, 15) is 4.79 Å². The van der Waals surface area contributed by atoms with E-state index in [1.807, 2.05) is 54.1 Å². The van der Waals surface area contributed by atoms with E-state index in [1.165, 1.54) is 11.3 Å². The third-order valence-electron chi connectivity index (χ3n) is 3.38. The third kappa shape index (κ3) is 4.09. The molecule has 2 aromatic heterocycles. The van der Waals surface area contributed by atoms with Gasteiger partial charge in [0.25, 0.3) is 5.91 Å². The summed E-state index contributed by atoms with van der Waals surface area (Å²) in [5, 5.41) is 3.02. The first kappa shape index (κ1) is 16.0. The minimum atomic E-state index is -0.0361. The van der Waals surface area contributed by atoms with Crippen molar-refractivity contribution in [2.24, 2.45) is 0 Å². The number of hydrogen-bond acceptors (Lipinski definition) is 3. The number of carbonyl (C=O) groups excluding carboxylic acids is 1. The molecule has 2 heterocycles. The fourth-order valence-electron chi connectivity index (χ4n) is 2.28. The van der Waals surface area contributed by atoms with E-state index in [0.29, 0.717) is 6.54 Å². The molecule has 0 radical (unpaired) electrons. The second-order valence-electron chi connectivity index (χ2n) is 5.30. The molecule has 1 atom stereocenters. The number of nitrogens with zero attached hydrogens (tertiary/aromatic N) is 2. The van der Waals surface area contributed by atoms with Crippen LogP contribution in [0.15, 0.2) is 59.6 Å². The van der Waals surface area contributed by atoms with Gasteiger partial charge in [-0.15, -0.1) is 11.3 Å². The average molecular weight is 390 g/mol. The molecular weight excluding hydrogens is 374 g/mol. The topological polar surface area (TPSA) is 46.9 Å². The van der Waals surface area contributed by atoms with Crippen LogP contribution in [0.5, 0.6) is 0 Å². The Balaban J connectivity index is 1.65. The van der Waals surface area contributed by atoms with Crippen molar-refractivity contribution in [2.75, 3.05) is 0 Å². The van der Waals surface area contributed by atoms with Gasteiger partial charge < -0.3 is 9.88 Å². The lowest BCUT2D eigenvalue weighted by atomic mass is 10.2. The van der Waals surface area contributed by atoms with E-state index in [4.69, 9.17) is 0 Å². The summed E-state index contributed by atoms with van der Waals surface area (Å²) in [6.45, 7) is 2.69. The number of rotatable bonds is 5. The first-order valence-corrected chi connectivity index (χ1v) is 8.85. The number of benzene rings is 1. The summed E-state index contributed by atoms with van der Waals surface area (Å²) >= 11 is 4.93. The molecule has 1 unspecified atom stereocenters. The first-order chi connectivity index (χ1) is 11.1. The Labute approximate surface area is 147 Å². The van der Waals surface area contributed by atoms with Gasteiger partial charge in [0.1, 0.15) is 0 Å². The lowest BCUT2D eigenvalue weighted by Gasteiger charge is -2.13. The van der Waals surface area contributed by atoms with Gasteiger partial charge in [0.15, 0.2) is 0 Å². The molecule has 0 aliphatic carbocycles. The zero-order chi connectivity index (χ0) is 16.2. The number of thiophene rings is 1. The predicted molar refractivity (Wildman–Crippen MR) is 96.6 cm³/mol. The molecule has 1 N–H and O–H groups in total. The molecule has 0 aliphatic rings. The third-order valence-corrected chi connectivity index (χ3v) is 5.04. The SMILES string of the molecule is CC(Cn1ccnc1)NC(=O)c1ccc(-c2ccc(Br)cc2)s1. The van der Waals surface area contributed by atoms with Crippen molar-refractivity contribution in [3.63, 3.8) is 0 Å². The second-order valence-corrected chi connectivity index (χ2v) is 7.30. The smallest absolute Gasteiger partial charge is 0.261 e. The van der Waals surface area contributed by atoms with Crippen LogP contribution < -0.4 is 5.32 Å². The summed E-state index contributed by atoms with van der Waals surface area (Å²) in [5.74, 6) is -0.0361. The fraction of sp³-hybridized carbons (Fsp3) is 0.176. The number of nitrogens with one attached hydrogen (secondary N) is 1. The molecule has 118 valence electrons. The van der Waals surface area contributed by atoms with E-state index in [0.717, 1.165) is 19.8 Å². The quantitative estimate of drug-likeness (QED) is 0.710. The highest BCUT2D eigenvalue weighted by molar-refractivity contribution is 9.10. The maximum Gasteiger partial charge on any atom is 0.261 e. The number of hydrogen-bond donors (Lipinski definition) is 1. The molecule has 3 aromatic rings. The summed E-state index contributed by atoms with van der Waals surface area (Å²) in [6.07, 6.45) is 5.37. The number of imidazole rings is 1. The van der Waals surface area contributed by atoms with Gasteiger partial charge in [-0.1, -0.05) is 28.1 Å². The monoisotopic (exact) mass is 389 g/mol. The summed E-state index contributed by atoms with van der Waals surface area (Å²) in [4.78, 5) is 18.2. The normalized spacial score (nSPS) is 12.1. The van der Waals surface area contributed by atoms with Crippen molar-refractivity contribution < 1.29 is 4.79 Å². The first-order valence-electron chi connectivity index (χ1n) is 7.24. The highest BCUT2D eigenvalue weighted by Gasteiger charge is 2.13. The molecule has 1 amide bonds. The molecule has 0 spiro atoms. The molecule has 1 aromatic carbocycles. The van der Waals surface area contributed by atoms with E-state index in [-0.39, 0.29) is 11.9 Å². The highest BCUT2D eigenvalue weighted by Crippen LogP contribution is 2.29. The van der Waals surface area contributed by atoms with Crippen LogP contribution in [0.1, 0.15) is 16.6 Å². The molecule has 0 aliphatic heterocycles. The van der Waals surface area contributed by atoms with Crippen LogP contribution in [-0.4, -0.2) is 21.5 Å². The molecule has 0 saturated heterocycles. The van der Waals surface area contributed by atoms with Crippen LogP contribution in [0.4, 0.5) is 0 Å². The zero-order valence-electron chi connectivity index (χ0n) is 12.6. The van der Waals surface area contributed by atoms with Gasteiger partial charge in [0, 0.05) is 34.3 Å². The minimum absolute atomic E-state index is 0.0361. The van der Waals surface area contributed by atoms with Gasteiger partial charge in [0.2, 0.25) is 0 Å². The van der Waals surface area contributed by atoms with Gasteiger partial charge in [-0.25, -0.2) is 4.98 Å². The van der Waals surface area contributed by atoms with Crippen LogP contribution in [0.2, 0.25) is 0 Å². The molecule has 23 heavy (non-hydrogen) atoms. The van der Waals surface area contributed by atoms with E-state index >= 15 is 0 Å². The Morgan fingerprint density at radius 2 is 2.09 bits per heavy atom. The van der Waals surface area contributed by atoms with Crippen LogP contribution in [0.25, 0.3) is 10.4 Å². The van der Waals surface area contributed by atoms with Crippen molar-refractivity contribution in [3.8, 4) is 10.4 Å². The number of halogens is 1.